The molecule has 156 valence electrons. The van der Waals surface area contributed by atoms with E-state index in [4.69, 9.17) is 0 Å². The van der Waals surface area contributed by atoms with Crippen LogP contribution in [0.3, 0.4) is 0 Å². The number of carbonyl (C=O) groups excluding carboxylic acids is 2. The van der Waals surface area contributed by atoms with E-state index in [1.165, 1.54) is 11.8 Å². The first kappa shape index (κ1) is 20.7. The molecule has 7 heteroatoms. The Balaban J connectivity index is 1.43. The fourth-order valence-corrected chi connectivity index (χ4v) is 4.07. The molecule has 31 heavy (non-hydrogen) atoms. The van der Waals surface area contributed by atoms with Crippen LogP contribution in [-0.2, 0) is 11.8 Å². The molecule has 4 rings (SSSR count). The minimum Gasteiger partial charge on any atom is -0.325 e. The van der Waals surface area contributed by atoms with Crippen molar-refractivity contribution in [3.05, 3.63) is 83.9 Å². The summed E-state index contributed by atoms with van der Waals surface area (Å²) in [7, 11) is 1.93. The number of nitrogens with one attached hydrogen (secondary N) is 2. The molecule has 2 N–H and O–H groups in total. The van der Waals surface area contributed by atoms with Gasteiger partial charge in [-0.05, 0) is 48.9 Å². The number of aromatic nitrogens is 2. The van der Waals surface area contributed by atoms with Crippen molar-refractivity contribution in [2.45, 2.75) is 12.1 Å². The van der Waals surface area contributed by atoms with Crippen molar-refractivity contribution in [3.63, 3.8) is 0 Å². The van der Waals surface area contributed by atoms with Gasteiger partial charge < -0.3 is 15.2 Å². The number of hydrogen-bond donors (Lipinski definition) is 2. The first-order chi connectivity index (χ1) is 15.0. The zero-order valence-corrected chi connectivity index (χ0v) is 18.1. The van der Waals surface area contributed by atoms with E-state index in [2.05, 4.69) is 15.6 Å². The number of aryl methyl sites for hydroxylation is 2. The minimum absolute atomic E-state index is 0.186. The molecule has 0 aliphatic rings. The van der Waals surface area contributed by atoms with Gasteiger partial charge in [-0.15, -0.1) is 0 Å². The highest BCUT2D eigenvalue weighted by Gasteiger charge is 2.15. The third kappa shape index (κ3) is 4.78. The number of benzene rings is 3. The van der Waals surface area contributed by atoms with Crippen LogP contribution in [0.1, 0.15) is 15.9 Å². The predicted molar refractivity (Wildman–Crippen MR) is 126 cm³/mol. The van der Waals surface area contributed by atoms with E-state index in [1.54, 1.807) is 24.3 Å². The highest BCUT2D eigenvalue weighted by Crippen LogP contribution is 2.23. The van der Waals surface area contributed by atoms with Gasteiger partial charge >= 0.3 is 0 Å². The van der Waals surface area contributed by atoms with Gasteiger partial charge in [-0.3, -0.25) is 9.59 Å². The highest BCUT2D eigenvalue weighted by molar-refractivity contribution is 7.99. The smallest absolute Gasteiger partial charge is 0.257 e. The molecule has 1 aromatic heterocycles. The molecule has 0 fully saturated rings. The van der Waals surface area contributed by atoms with E-state index in [-0.39, 0.29) is 17.6 Å². The van der Waals surface area contributed by atoms with Gasteiger partial charge in [0.1, 0.15) is 0 Å². The van der Waals surface area contributed by atoms with Gasteiger partial charge in [-0.25, -0.2) is 4.98 Å². The maximum Gasteiger partial charge on any atom is 0.257 e. The SMILES string of the molecule is Cc1cccc(NC(=O)c2ccccc2NC(=O)CSc2nc3ccccc3n2C)c1. The van der Waals surface area contributed by atoms with E-state index in [0.717, 1.165) is 21.8 Å². The van der Waals surface area contributed by atoms with E-state index in [1.807, 2.05) is 67.1 Å². The average molecular weight is 431 g/mol. The summed E-state index contributed by atoms with van der Waals surface area (Å²) in [5.41, 5.74) is 4.56. The molecule has 0 bridgehead atoms. The minimum atomic E-state index is -0.274. The Labute approximate surface area is 184 Å². The summed E-state index contributed by atoms with van der Waals surface area (Å²) in [5, 5.41) is 6.50. The maximum absolute atomic E-state index is 12.8. The van der Waals surface area contributed by atoms with Crippen molar-refractivity contribution >= 4 is 46.0 Å². The zero-order valence-electron chi connectivity index (χ0n) is 17.3. The van der Waals surface area contributed by atoms with E-state index in [0.29, 0.717) is 16.9 Å². The third-order valence-corrected chi connectivity index (χ3v) is 5.83. The van der Waals surface area contributed by atoms with Crippen molar-refractivity contribution in [1.29, 1.82) is 0 Å². The second-order valence-corrected chi connectivity index (χ2v) is 8.09. The third-order valence-electron chi connectivity index (χ3n) is 4.80. The molecule has 2 amide bonds. The summed E-state index contributed by atoms with van der Waals surface area (Å²) in [6, 6.07) is 22.4. The molecular weight excluding hydrogens is 408 g/mol. The lowest BCUT2D eigenvalue weighted by Crippen LogP contribution is -2.19. The Kier molecular flexibility index (Phi) is 6.04. The lowest BCUT2D eigenvalue weighted by atomic mass is 10.1. The maximum atomic E-state index is 12.8. The van der Waals surface area contributed by atoms with Crippen LogP contribution in [0.5, 0.6) is 0 Å². The Bertz CT molecular complexity index is 1270. The zero-order chi connectivity index (χ0) is 21.8. The lowest BCUT2D eigenvalue weighted by Gasteiger charge is -2.12. The molecule has 0 unspecified atom stereocenters. The number of hydrogen-bond acceptors (Lipinski definition) is 4. The summed E-state index contributed by atoms with van der Waals surface area (Å²) in [5.74, 6) is -0.289. The molecule has 0 saturated heterocycles. The van der Waals surface area contributed by atoms with Gasteiger partial charge in [0, 0.05) is 12.7 Å². The summed E-state index contributed by atoms with van der Waals surface area (Å²) in [6.45, 7) is 1.96. The number of amides is 2. The normalized spacial score (nSPS) is 10.8. The molecule has 1 heterocycles. The molecule has 0 saturated carbocycles. The van der Waals surface area contributed by atoms with Crippen molar-refractivity contribution in [1.82, 2.24) is 9.55 Å². The van der Waals surface area contributed by atoms with Crippen molar-refractivity contribution in [3.8, 4) is 0 Å². The van der Waals surface area contributed by atoms with Gasteiger partial charge in [0.15, 0.2) is 5.16 Å². The quantitative estimate of drug-likeness (QED) is 0.428. The molecule has 3 aromatic carbocycles. The Morgan fingerprint density at radius 3 is 2.55 bits per heavy atom. The Morgan fingerprint density at radius 1 is 0.968 bits per heavy atom. The lowest BCUT2D eigenvalue weighted by molar-refractivity contribution is -0.113. The number of rotatable bonds is 6. The van der Waals surface area contributed by atoms with Crippen LogP contribution < -0.4 is 10.6 Å². The van der Waals surface area contributed by atoms with Gasteiger partial charge in [-0.2, -0.15) is 0 Å². The van der Waals surface area contributed by atoms with Gasteiger partial charge in [0.25, 0.3) is 5.91 Å². The molecule has 0 atom stereocenters. The summed E-state index contributed by atoms with van der Waals surface area (Å²) in [4.78, 5) is 29.9. The molecule has 0 aliphatic heterocycles. The molecule has 4 aromatic rings. The number of imidazole rings is 1. The number of anilines is 2. The second kappa shape index (κ2) is 9.06. The van der Waals surface area contributed by atoms with E-state index in [9.17, 15) is 9.59 Å². The number of nitrogens with zero attached hydrogens (tertiary/aromatic N) is 2. The number of thioether (sulfide) groups is 1. The molecule has 0 radical (unpaired) electrons. The molecule has 6 nitrogen and oxygen atoms in total. The summed E-state index contributed by atoms with van der Waals surface area (Å²) in [6.07, 6.45) is 0. The van der Waals surface area contributed by atoms with Crippen LogP contribution in [0.2, 0.25) is 0 Å². The van der Waals surface area contributed by atoms with Crippen LogP contribution in [0.25, 0.3) is 11.0 Å². The van der Waals surface area contributed by atoms with Gasteiger partial charge in [0.05, 0.1) is 28.0 Å². The first-order valence-corrected chi connectivity index (χ1v) is 10.8. The first-order valence-electron chi connectivity index (χ1n) is 9.82. The van der Waals surface area contributed by atoms with Crippen LogP contribution in [-0.4, -0.2) is 27.1 Å². The molecule has 0 spiro atoms. The fourth-order valence-electron chi connectivity index (χ4n) is 3.28. The second-order valence-electron chi connectivity index (χ2n) is 7.15. The van der Waals surface area contributed by atoms with Crippen LogP contribution in [0, 0.1) is 6.92 Å². The van der Waals surface area contributed by atoms with Crippen molar-refractivity contribution < 1.29 is 9.59 Å². The standard InChI is InChI=1S/C24H22N4O2S/c1-16-8-7-9-17(14-16)25-23(30)18-10-3-4-11-19(18)26-22(29)15-31-24-27-20-12-5-6-13-21(20)28(24)2/h3-14H,15H2,1-2H3,(H,25,30)(H,26,29). The topological polar surface area (TPSA) is 76.0 Å². The van der Waals surface area contributed by atoms with Crippen LogP contribution >= 0.6 is 11.8 Å². The van der Waals surface area contributed by atoms with E-state index < -0.39 is 0 Å². The van der Waals surface area contributed by atoms with E-state index >= 15 is 0 Å². The molecular formula is C24H22N4O2S. The highest BCUT2D eigenvalue weighted by atomic mass is 32.2. The fraction of sp³-hybridized carbons (Fsp3) is 0.125. The average Bonchev–Trinajstić information content (AvgIpc) is 3.08. The predicted octanol–water partition coefficient (Wildman–Crippen LogP) is 4.86. The largest absolute Gasteiger partial charge is 0.325 e. The van der Waals surface area contributed by atoms with Crippen LogP contribution in [0.15, 0.2) is 78.0 Å². The van der Waals surface area contributed by atoms with Crippen molar-refractivity contribution in [2.75, 3.05) is 16.4 Å². The Morgan fingerprint density at radius 2 is 1.74 bits per heavy atom. The number of carbonyl (C=O) groups is 2. The molecule has 0 aliphatic carbocycles. The van der Waals surface area contributed by atoms with Gasteiger partial charge in [-0.1, -0.05) is 48.2 Å². The summed E-state index contributed by atoms with van der Waals surface area (Å²) >= 11 is 1.36. The number of fused-ring (bicyclic) bond motifs is 1. The summed E-state index contributed by atoms with van der Waals surface area (Å²) < 4.78 is 1.97. The van der Waals surface area contributed by atoms with Gasteiger partial charge in [0.2, 0.25) is 5.91 Å². The monoisotopic (exact) mass is 430 g/mol. The van der Waals surface area contributed by atoms with Crippen molar-refractivity contribution in [2.24, 2.45) is 7.05 Å². The van der Waals surface area contributed by atoms with Crippen LogP contribution in [0.4, 0.5) is 11.4 Å². The number of para-hydroxylation sites is 3. The Hall–Kier alpha value is -3.58.